The molecule has 0 spiro atoms. The normalized spacial score (nSPS) is 22.4. The first kappa shape index (κ1) is 20.2. The number of ether oxygens (including phenoxy) is 1. The molecule has 3 aromatic carbocycles. The standard InChI is InChI=1S/C25H21FN2O4/c1-2-31-20-14-12-18(13-15-20)27-24(29)21-22(16-8-10-17(26)11-9-16)28(32-23(21)25(27)30)19-6-4-3-5-7-19/h3-15,21-23H,2H2,1H3/t21-,22-,23-/m0/s1. The third kappa shape index (κ3) is 3.31. The molecule has 0 aromatic heterocycles. The van der Waals surface area contributed by atoms with Crippen LogP contribution in [0.4, 0.5) is 15.8 Å². The van der Waals surface area contributed by atoms with Gasteiger partial charge < -0.3 is 4.74 Å². The van der Waals surface area contributed by atoms with E-state index in [4.69, 9.17) is 9.57 Å². The second kappa shape index (κ2) is 8.09. The van der Waals surface area contributed by atoms with E-state index in [0.29, 0.717) is 29.3 Å². The Balaban J connectivity index is 1.53. The number of imide groups is 1. The van der Waals surface area contributed by atoms with Crippen LogP contribution in [0.3, 0.4) is 0 Å². The van der Waals surface area contributed by atoms with Crippen LogP contribution in [0.1, 0.15) is 18.5 Å². The van der Waals surface area contributed by atoms with Crippen molar-refractivity contribution >= 4 is 23.2 Å². The molecule has 0 unspecified atom stereocenters. The molecule has 32 heavy (non-hydrogen) atoms. The molecule has 2 fully saturated rings. The molecule has 0 N–H and O–H groups in total. The van der Waals surface area contributed by atoms with Crippen LogP contribution in [-0.4, -0.2) is 24.5 Å². The molecule has 2 heterocycles. The first-order chi connectivity index (χ1) is 15.6. The van der Waals surface area contributed by atoms with Crippen molar-refractivity contribution in [3.63, 3.8) is 0 Å². The quantitative estimate of drug-likeness (QED) is 0.564. The summed E-state index contributed by atoms with van der Waals surface area (Å²) in [6, 6.07) is 21.4. The van der Waals surface area contributed by atoms with Gasteiger partial charge in [0, 0.05) is 0 Å². The van der Waals surface area contributed by atoms with Gasteiger partial charge >= 0.3 is 0 Å². The van der Waals surface area contributed by atoms with Gasteiger partial charge in [-0.05, 0) is 61.0 Å². The maximum absolute atomic E-state index is 13.6. The highest BCUT2D eigenvalue weighted by molar-refractivity contribution is 6.23. The van der Waals surface area contributed by atoms with E-state index in [9.17, 15) is 14.0 Å². The van der Waals surface area contributed by atoms with Crippen LogP contribution in [-0.2, 0) is 14.4 Å². The van der Waals surface area contributed by atoms with E-state index in [1.165, 1.54) is 17.0 Å². The SMILES string of the molecule is CCOc1ccc(N2C(=O)[C@@H]3[C@H](ON(c4ccccc4)[C@H]3c3ccc(F)cc3)C2=O)cc1. The summed E-state index contributed by atoms with van der Waals surface area (Å²) in [5.41, 5.74) is 1.87. The van der Waals surface area contributed by atoms with Gasteiger partial charge in [-0.3, -0.25) is 14.4 Å². The Morgan fingerprint density at radius 3 is 2.22 bits per heavy atom. The fourth-order valence-corrected chi connectivity index (χ4v) is 4.32. The van der Waals surface area contributed by atoms with Crippen LogP contribution in [0.15, 0.2) is 78.9 Å². The molecular formula is C25H21FN2O4. The highest BCUT2D eigenvalue weighted by atomic mass is 19.1. The molecule has 6 nitrogen and oxygen atoms in total. The van der Waals surface area contributed by atoms with Gasteiger partial charge in [-0.1, -0.05) is 30.3 Å². The molecule has 5 rings (SSSR count). The maximum Gasteiger partial charge on any atom is 0.266 e. The number of para-hydroxylation sites is 1. The predicted molar refractivity (Wildman–Crippen MR) is 117 cm³/mol. The monoisotopic (exact) mass is 432 g/mol. The number of carbonyl (C=O) groups is 2. The van der Waals surface area contributed by atoms with Crippen LogP contribution in [0, 0.1) is 11.7 Å². The van der Waals surface area contributed by atoms with Gasteiger partial charge in [0.1, 0.15) is 17.5 Å². The number of hydrogen-bond acceptors (Lipinski definition) is 5. The largest absolute Gasteiger partial charge is 0.494 e. The van der Waals surface area contributed by atoms with Crippen molar-refractivity contribution in [2.75, 3.05) is 16.6 Å². The van der Waals surface area contributed by atoms with E-state index in [1.54, 1.807) is 41.5 Å². The van der Waals surface area contributed by atoms with Crippen LogP contribution in [0.2, 0.25) is 0 Å². The highest BCUT2D eigenvalue weighted by Gasteiger charge is 2.60. The number of hydroxylamine groups is 1. The number of halogens is 1. The molecule has 2 saturated heterocycles. The lowest BCUT2D eigenvalue weighted by Gasteiger charge is -2.28. The average molecular weight is 432 g/mol. The van der Waals surface area contributed by atoms with E-state index in [2.05, 4.69) is 0 Å². The second-order valence-electron chi connectivity index (χ2n) is 7.65. The molecular weight excluding hydrogens is 411 g/mol. The van der Waals surface area contributed by atoms with Crippen molar-refractivity contribution in [3.8, 4) is 5.75 Å². The Bertz CT molecular complexity index is 1130. The summed E-state index contributed by atoms with van der Waals surface area (Å²) in [7, 11) is 0. The molecule has 0 aliphatic carbocycles. The van der Waals surface area contributed by atoms with Crippen LogP contribution < -0.4 is 14.7 Å². The van der Waals surface area contributed by atoms with Gasteiger partial charge in [-0.2, -0.15) is 0 Å². The van der Waals surface area contributed by atoms with Crippen molar-refractivity contribution in [2.24, 2.45) is 5.92 Å². The Hall–Kier alpha value is -3.71. The molecule has 2 aliphatic rings. The minimum absolute atomic E-state index is 0.350. The van der Waals surface area contributed by atoms with Crippen molar-refractivity contribution in [2.45, 2.75) is 19.1 Å². The van der Waals surface area contributed by atoms with Gasteiger partial charge in [0.25, 0.3) is 5.91 Å². The Morgan fingerprint density at radius 2 is 1.56 bits per heavy atom. The number of benzene rings is 3. The number of fused-ring (bicyclic) bond motifs is 1. The molecule has 3 aromatic rings. The zero-order chi connectivity index (χ0) is 22.2. The fourth-order valence-electron chi connectivity index (χ4n) is 4.32. The number of amides is 2. The smallest absolute Gasteiger partial charge is 0.266 e. The number of nitrogens with zero attached hydrogens (tertiary/aromatic N) is 2. The maximum atomic E-state index is 13.6. The summed E-state index contributed by atoms with van der Waals surface area (Å²) >= 11 is 0. The molecule has 162 valence electrons. The van der Waals surface area contributed by atoms with Crippen molar-refractivity contribution in [1.82, 2.24) is 0 Å². The van der Waals surface area contributed by atoms with Gasteiger partial charge in [0.15, 0.2) is 6.10 Å². The Labute approximate surface area is 184 Å². The summed E-state index contributed by atoms with van der Waals surface area (Å²) in [5.74, 6) is -1.25. The van der Waals surface area contributed by atoms with Gasteiger partial charge in [-0.25, -0.2) is 14.4 Å². The lowest BCUT2D eigenvalue weighted by Crippen LogP contribution is -2.37. The molecule has 2 aliphatic heterocycles. The van der Waals surface area contributed by atoms with E-state index < -0.39 is 24.0 Å². The van der Waals surface area contributed by atoms with E-state index in [-0.39, 0.29) is 11.7 Å². The van der Waals surface area contributed by atoms with E-state index in [0.717, 1.165) is 0 Å². The molecule has 2 amide bonds. The predicted octanol–water partition coefficient (Wildman–Crippen LogP) is 4.28. The summed E-state index contributed by atoms with van der Waals surface area (Å²) in [6.07, 6.45) is -0.968. The second-order valence-corrected chi connectivity index (χ2v) is 7.65. The number of hydrogen-bond donors (Lipinski definition) is 0. The third-order valence-electron chi connectivity index (χ3n) is 5.74. The topological polar surface area (TPSA) is 59.1 Å². The van der Waals surface area contributed by atoms with Crippen LogP contribution in [0.25, 0.3) is 0 Å². The summed E-state index contributed by atoms with van der Waals surface area (Å²) in [5, 5.41) is 1.59. The first-order valence-electron chi connectivity index (χ1n) is 10.5. The van der Waals surface area contributed by atoms with Crippen molar-refractivity contribution in [1.29, 1.82) is 0 Å². The molecule has 0 radical (unpaired) electrons. The Morgan fingerprint density at radius 1 is 0.875 bits per heavy atom. The number of carbonyl (C=O) groups excluding carboxylic acids is 2. The summed E-state index contributed by atoms with van der Waals surface area (Å²) in [4.78, 5) is 34.0. The molecule has 0 bridgehead atoms. The third-order valence-corrected chi connectivity index (χ3v) is 5.74. The lowest BCUT2D eigenvalue weighted by atomic mass is 9.90. The van der Waals surface area contributed by atoms with Crippen molar-refractivity contribution < 1.29 is 23.6 Å². The summed E-state index contributed by atoms with van der Waals surface area (Å²) in [6.45, 7) is 2.40. The first-order valence-corrected chi connectivity index (χ1v) is 10.5. The number of rotatable bonds is 5. The van der Waals surface area contributed by atoms with Crippen molar-refractivity contribution in [3.05, 3.63) is 90.2 Å². The zero-order valence-electron chi connectivity index (χ0n) is 17.4. The van der Waals surface area contributed by atoms with Crippen LogP contribution >= 0.6 is 0 Å². The number of anilines is 2. The lowest BCUT2D eigenvalue weighted by molar-refractivity contribution is -0.126. The average Bonchev–Trinajstić information content (AvgIpc) is 3.32. The highest BCUT2D eigenvalue weighted by Crippen LogP contribution is 2.47. The fraction of sp³-hybridized carbons (Fsp3) is 0.200. The van der Waals surface area contributed by atoms with E-state index >= 15 is 0 Å². The van der Waals surface area contributed by atoms with Gasteiger partial charge in [0.2, 0.25) is 5.91 Å². The van der Waals surface area contributed by atoms with E-state index in [1.807, 2.05) is 37.3 Å². The van der Waals surface area contributed by atoms with Gasteiger partial charge in [-0.15, -0.1) is 0 Å². The summed E-state index contributed by atoms with van der Waals surface area (Å²) < 4.78 is 19.0. The minimum Gasteiger partial charge on any atom is -0.494 e. The van der Waals surface area contributed by atoms with Gasteiger partial charge in [0.05, 0.1) is 24.0 Å². The molecule has 0 saturated carbocycles. The zero-order valence-corrected chi connectivity index (χ0v) is 17.4. The van der Waals surface area contributed by atoms with Crippen LogP contribution in [0.5, 0.6) is 5.75 Å². The molecule has 3 atom stereocenters. The Kier molecular flexibility index (Phi) is 5.11. The minimum atomic E-state index is -0.968. The molecule has 7 heteroatoms.